The summed E-state index contributed by atoms with van der Waals surface area (Å²) < 4.78 is 0. The van der Waals surface area contributed by atoms with E-state index >= 15 is 0 Å². The van der Waals surface area contributed by atoms with Crippen LogP contribution in [-0.2, 0) is 9.59 Å². The van der Waals surface area contributed by atoms with Crippen molar-refractivity contribution in [1.29, 1.82) is 0 Å². The smallest absolute Gasteiger partial charge is 0.238 e. The first-order valence-electron chi connectivity index (χ1n) is 7.78. The van der Waals surface area contributed by atoms with Crippen molar-refractivity contribution in [2.24, 2.45) is 5.92 Å². The van der Waals surface area contributed by atoms with Crippen LogP contribution in [0, 0.1) is 12.8 Å². The number of nitrogens with one attached hydrogen (secondary N) is 2. The van der Waals surface area contributed by atoms with Crippen LogP contribution in [0.15, 0.2) is 24.3 Å². The molecule has 1 atom stereocenters. The van der Waals surface area contributed by atoms with Gasteiger partial charge in [-0.2, -0.15) is 0 Å². The van der Waals surface area contributed by atoms with Gasteiger partial charge in [-0.15, -0.1) is 0 Å². The van der Waals surface area contributed by atoms with Crippen molar-refractivity contribution in [3.05, 3.63) is 29.8 Å². The molecule has 1 aliphatic rings. The molecule has 1 fully saturated rings. The third-order valence-corrected chi connectivity index (χ3v) is 3.88. The Kier molecular flexibility index (Phi) is 5.55. The minimum Gasteiger partial charge on any atom is -0.352 e. The lowest BCUT2D eigenvalue weighted by Gasteiger charge is -2.18. The Bertz CT molecular complexity index is 523. The Balaban J connectivity index is 1.71. The van der Waals surface area contributed by atoms with Gasteiger partial charge in [0.25, 0.3) is 0 Å². The number of benzene rings is 1. The van der Waals surface area contributed by atoms with Gasteiger partial charge in [0.15, 0.2) is 0 Å². The molecule has 0 unspecified atom stereocenters. The Morgan fingerprint density at radius 1 is 1.18 bits per heavy atom. The molecule has 5 heteroatoms. The van der Waals surface area contributed by atoms with E-state index in [4.69, 9.17) is 0 Å². The fourth-order valence-corrected chi connectivity index (χ4v) is 2.40. The second-order valence-corrected chi connectivity index (χ2v) is 6.28. The number of nitrogens with zero attached hydrogens (tertiary/aromatic N) is 1. The molecule has 120 valence electrons. The second-order valence-electron chi connectivity index (χ2n) is 6.28. The summed E-state index contributed by atoms with van der Waals surface area (Å²) >= 11 is 0. The van der Waals surface area contributed by atoms with Gasteiger partial charge in [-0.25, -0.2) is 0 Å². The highest BCUT2D eigenvalue weighted by Gasteiger charge is 2.28. The minimum atomic E-state index is -0.116. The summed E-state index contributed by atoms with van der Waals surface area (Å²) in [7, 11) is 1.77. The molecule has 1 aromatic rings. The lowest BCUT2D eigenvalue weighted by atomic mass is 10.2. The van der Waals surface area contributed by atoms with Crippen LogP contribution >= 0.6 is 0 Å². The highest BCUT2D eigenvalue weighted by molar-refractivity contribution is 5.92. The molecule has 2 amide bonds. The van der Waals surface area contributed by atoms with Gasteiger partial charge < -0.3 is 10.6 Å². The standard InChI is InChI=1S/C17H25N3O2/c1-12-4-8-15(9-5-12)19-17(22)11-20(3)10-16(21)18-13(2)14-6-7-14/h4-5,8-9,13-14H,6-7,10-11H2,1-3H3,(H,18,21)(H,19,22)/t13-/m0/s1. The molecule has 2 N–H and O–H groups in total. The second kappa shape index (κ2) is 7.40. The first-order valence-corrected chi connectivity index (χ1v) is 7.78. The Morgan fingerprint density at radius 3 is 2.36 bits per heavy atom. The van der Waals surface area contributed by atoms with E-state index < -0.39 is 0 Å². The number of hydrogen-bond donors (Lipinski definition) is 2. The molecule has 0 bridgehead atoms. The molecule has 1 saturated carbocycles. The maximum atomic E-state index is 11.9. The maximum absolute atomic E-state index is 11.9. The fraction of sp³-hybridized carbons (Fsp3) is 0.529. The topological polar surface area (TPSA) is 61.4 Å². The highest BCUT2D eigenvalue weighted by atomic mass is 16.2. The van der Waals surface area contributed by atoms with Crippen molar-refractivity contribution in [3.63, 3.8) is 0 Å². The van der Waals surface area contributed by atoms with Crippen molar-refractivity contribution in [2.45, 2.75) is 32.7 Å². The zero-order valence-corrected chi connectivity index (χ0v) is 13.6. The van der Waals surface area contributed by atoms with Crippen LogP contribution in [0.2, 0.25) is 0 Å². The number of rotatable bonds is 7. The zero-order chi connectivity index (χ0) is 16.1. The molecule has 0 aromatic heterocycles. The van der Waals surface area contributed by atoms with E-state index in [1.165, 1.54) is 12.8 Å². The van der Waals surface area contributed by atoms with E-state index in [0.29, 0.717) is 5.92 Å². The van der Waals surface area contributed by atoms with Crippen LogP contribution in [0.4, 0.5) is 5.69 Å². The molecule has 5 nitrogen and oxygen atoms in total. The zero-order valence-electron chi connectivity index (χ0n) is 13.6. The number of carbonyl (C=O) groups excluding carboxylic acids is 2. The molecule has 2 rings (SSSR count). The quantitative estimate of drug-likeness (QED) is 0.807. The predicted molar refractivity (Wildman–Crippen MR) is 87.6 cm³/mol. The van der Waals surface area contributed by atoms with Gasteiger partial charge in [-0.1, -0.05) is 17.7 Å². The largest absolute Gasteiger partial charge is 0.352 e. The average Bonchev–Trinajstić information content (AvgIpc) is 3.25. The molecule has 0 heterocycles. The monoisotopic (exact) mass is 303 g/mol. The van der Waals surface area contributed by atoms with Gasteiger partial charge in [-0.3, -0.25) is 14.5 Å². The Labute approximate surface area is 132 Å². The van der Waals surface area contributed by atoms with Crippen LogP contribution < -0.4 is 10.6 Å². The SMILES string of the molecule is Cc1ccc(NC(=O)CN(C)CC(=O)N[C@@H](C)C2CC2)cc1. The minimum absolute atomic E-state index is 0.0231. The third-order valence-electron chi connectivity index (χ3n) is 3.88. The summed E-state index contributed by atoms with van der Waals surface area (Å²) in [6.07, 6.45) is 2.41. The highest BCUT2D eigenvalue weighted by Crippen LogP contribution is 2.32. The summed E-state index contributed by atoms with van der Waals surface area (Å²) in [5.41, 5.74) is 1.92. The molecular formula is C17H25N3O2. The number of anilines is 1. The number of carbonyl (C=O) groups is 2. The summed E-state index contributed by atoms with van der Waals surface area (Å²) in [6.45, 7) is 4.47. The number of aryl methyl sites for hydroxylation is 1. The van der Waals surface area contributed by atoms with Crippen LogP contribution in [0.3, 0.4) is 0 Å². The van der Waals surface area contributed by atoms with E-state index in [-0.39, 0.29) is 30.9 Å². The van der Waals surface area contributed by atoms with Crippen LogP contribution in [-0.4, -0.2) is 42.9 Å². The van der Waals surface area contributed by atoms with Crippen LogP contribution in [0.1, 0.15) is 25.3 Å². The average molecular weight is 303 g/mol. The number of likely N-dealkylation sites (N-methyl/N-ethyl adjacent to an activating group) is 1. The van der Waals surface area contributed by atoms with E-state index in [2.05, 4.69) is 10.6 Å². The normalized spacial score (nSPS) is 15.5. The molecule has 0 spiro atoms. The van der Waals surface area contributed by atoms with Crippen LogP contribution in [0.25, 0.3) is 0 Å². The molecular weight excluding hydrogens is 278 g/mol. The van der Waals surface area contributed by atoms with Crippen molar-refractivity contribution in [2.75, 3.05) is 25.5 Å². The van der Waals surface area contributed by atoms with Crippen molar-refractivity contribution in [3.8, 4) is 0 Å². The first kappa shape index (κ1) is 16.5. The van der Waals surface area contributed by atoms with Crippen LogP contribution in [0.5, 0.6) is 0 Å². The van der Waals surface area contributed by atoms with E-state index in [1.807, 2.05) is 38.1 Å². The van der Waals surface area contributed by atoms with Gasteiger partial charge in [0.2, 0.25) is 11.8 Å². The number of hydrogen-bond acceptors (Lipinski definition) is 3. The molecule has 1 aliphatic carbocycles. The van der Waals surface area contributed by atoms with Gasteiger partial charge in [0.1, 0.15) is 0 Å². The maximum Gasteiger partial charge on any atom is 0.238 e. The molecule has 1 aromatic carbocycles. The van der Waals surface area contributed by atoms with Crippen molar-refractivity contribution in [1.82, 2.24) is 10.2 Å². The van der Waals surface area contributed by atoms with E-state index in [9.17, 15) is 9.59 Å². The molecule has 0 saturated heterocycles. The third kappa shape index (κ3) is 5.48. The molecule has 0 aliphatic heterocycles. The number of amides is 2. The van der Waals surface area contributed by atoms with Gasteiger partial charge >= 0.3 is 0 Å². The predicted octanol–water partition coefficient (Wildman–Crippen LogP) is 1.78. The molecule has 22 heavy (non-hydrogen) atoms. The summed E-state index contributed by atoms with van der Waals surface area (Å²) in [5.74, 6) is 0.499. The Hall–Kier alpha value is -1.88. The summed E-state index contributed by atoms with van der Waals surface area (Å²) in [5, 5.41) is 5.82. The summed E-state index contributed by atoms with van der Waals surface area (Å²) in [4.78, 5) is 25.6. The fourth-order valence-electron chi connectivity index (χ4n) is 2.40. The lowest BCUT2D eigenvalue weighted by molar-refractivity contribution is -0.123. The lowest BCUT2D eigenvalue weighted by Crippen LogP contribution is -2.42. The van der Waals surface area contributed by atoms with E-state index in [0.717, 1.165) is 11.3 Å². The first-order chi connectivity index (χ1) is 10.4. The van der Waals surface area contributed by atoms with Gasteiger partial charge in [-0.05, 0) is 51.8 Å². The van der Waals surface area contributed by atoms with Gasteiger partial charge in [0, 0.05) is 11.7 Å². The van der Waals surface area contributed by atoms with E-state index in [1.54, 1.807) is 11.9 Å². The Morgan fingerprint density at radius 2 is 1.77 bits per heavy atom. The van der Waals surface area contributed by atoms with Gasteiger partial charge in [0.05, 0.1) is 13.1 Å². The molecule has 0 radical (unpaired) electrons. The van der Waals surface area contributed by atoms with Crippen molar-refractivity contribution >= 4 is 17.5 Å². The van der Waals surface area contributed by atoms with Crippen molar-refractivity contribution < 1.29 is 9.59 Å². The summed E-state index contributed by atoms with van der Waals surface area (Å²) in [6, 6.07) is 7.88.